The van der Waals surface area contributed by atoms with Crippen molar-refractivity contribution in [3.63, 3.8) is 0 Å². The van der Waals surface area contributed by atoms with E-state index in [1.54, 1.807) is 11.0 Å². The second kappa shape index (κ2) is 9.10. The van der Waals surface area contributed by atoms with E-state index in [2.05, 4.69) is 6.07 Å². The highest BCUT2D eigenvalue weighted by molar-refractivity contribution is 5.94. The molecule has 32 heavy (non-hydrogen) atoms. The highest BCUT2D eigenvalue weighted by Gasteiger charge is 2.44. The van der Waals surface area contributed by atoms with Crippen LogP contribution in [0.5, 0.6) is 11.5 Å². The third kappa shape index (κ3) is 4.75. The molecule has 2 heterocycles. The van der Waals surface area contributed by atoms with Crippen LogP contribution in [0.4, 0.5) is 4.39 Å². The third-order valence-electron chi connectivity index (χ3n) is 6.09. The van der Waals surface area contributed by atoms with Gasteiger partial charge in [0, 0.05) is 44.0 Å². The van der Waals surface area contributed by atoms with E-state index in [1.165, 1.54) is 12.1 Å². The van der Waals surface area contributed by atoms with Crippen molar-refractivity contribution in [2.45, 2.75) is 70.9 Å². The number of rotatable bonds is 5. The van der Waals surface area contributed by atoms with Gasteiger partial charge < -0.3 is 19.1 Å². The summed E-state index contributed by atoms with van der Waals surface area (Å²) in [5, 5.41) is 0. The second-order valence-electron chi connectivity index (χ2n) is 9.30. The number of piperidine rings is 1. The molecule has 2 aromatic carbocycles. The third-order valence-corrected chi connectivity index (χ3v) is 6.09. The maximum atomic E-state index is 14.6. The summed E-state index contributed by atoms with van der Waals surface area (Å²) >= 11 is 0. The maximum absolute atomic E-state index is 14.6. The summed E-state index contributed by atoms with van der Waals surface area (Å²) < 4.78 is 32.8. The van der Waals surface area contributed by atoms with Gasteiger partial charge in [0.05, 0.1) is 23.9 Å². The molecule has 0 unspecified atom stereocenters. The summed E-state index contributed by atoms with van der Waals surface area (Å²) in [6.45, 7) is 8.86. The normalized spacial score (nSPS) is 19.7. The van der Waals surface area contributed by atoms with E-state index < -0.39 is 5.82 Å². The Morgan fingerprint density at radius 2 is 1.81 bits per heavy atom. The molecule has 5 nitrogen and oxygen atoms in total. The van der Waals surface area contributed by atoms with Gasteiger partial charge in [-0.1, -0.05) is 18.2 Å². The first-order valence-electron chi connectivity index (χ1n) is 11.5. The van der Waals surface area contributed by atoms with Crippen molar-refractivity contribution in [1.29, 1.82) is 0 Å². The molecule has 0 saturated carbocycles. The highest BCUT2D eigenvalue weighted by atomic mass is 19.1. The predicted molar refractivity (Wildman–Crippen MR) is 121 cm³/mol. The fraction of sp³-hybridized carbons (Fsp3) is 0.500. The number of fused-ring (bicyclic) bond motifs is 1. The first-order valence-corrected chi connectivity index (χ1v) is 11.5. The SMILES string of the molecule is CC(C)Oc1ccc(C(=O)N2CCC3(CC2)C[C@@H](OC(C)C)c2ccccc2O3)c(F)c1. The van der Waals surface area contributed by atoms with Gasteiger partial charge in [-0.05, 0) is 45.9 Å². The fourth-order valence-corrected chi connectivity index (χ4v) is 4.62. The zero-order valence-electron chi connectivity index (χ0n) is 19.3. The summed E-state index contributed by atoms with van der Waals surface area (Å²) in [6.07, 6.45) is 2.13. The summed E-state index contributed by atoms with van der Waals surface area (Å²) in [4.78, 5) is 14.7. The van der Waals surface area contributed by atoms with Crippen LogP contribution in [0.1, 0.15) is 69.0 Å². The molecule has 2 aliphatic heterocycles. The Balaban J connectivity index is 1.46. The van der Waals surface area contributed by atoms with Crippen molar-refractivity contribution in [2.75, 3.05) is 13.1 Å². The number of carbonyl (C=O) groups is 1. The minimum Gasteiger partial charge on any atom is -0.491 e. The van der Waals surface area contributed by atoms with Crippen molar-refractivity contribution >= 4 is 5.91 Å². The topological polar surface area (TPSA) is 48.0 Å². The van der Waals surface area contributed by atoms with Crippen LogP contribution < -0.4 is 9.47 Å². The van der Waals surface area contributed by atoms with Crippen LogP contribution in [-0.4, -0.2) is 41.7 Å². The summed E-state index contributed by atoms with van der Waals surface area (Å²) in [5.41, 5.74) is 0.780. The largest absolute Gasteiger partial charge is 0.491 e. The van der Waals surface area contributed by atoms with Gasteiger partial charge >= 0.3 is 0 Å². The molecule has 1 amide bonds. The van der Waals surface area contributed by atoms with Gasteiger partial charge in [0.25, 0.3) is 5.91 Å². The smallest absolute Gasteiger partial charge is 0.256 e. The Labute approximate surface area is 189 Å². The van der Waals surface area contributed by atoms with E-state index >= 15 is 0 Å². The minimum atomic E-state index is -0.554. The van der Waals surface area contributed by atoms with E-state index in [-0.39, 0.29) is 35.4 Å². The number of nitrogens with zero attached hydrogens (tertiary/aromatic N) is 1. The molecule has 0 aliphatic carbocycles. The first kappa shape index (κ1) is 22.6. The zero-order valence-corrected chi connectivity index (χ0v) is 19.3. The minimum absolute atomic E-state index is 0.0341. The lowest BCUT2D eigenvalue weighted by atomic mass is 9.81. The molecule has 6 heteroatoms. The Bertz CT molecular complexity index is 966. The van der Waals surface area contributed by atoms with E-state index in [1.807, 2.05) is 45.9 Å². The molecular weight excluding hydrogens is 409 g/mol. The molecular formula is C26H32FNO4. The maximum Gasteiger partial charge on any atom is 0.256 e. The molecule has 1 spiro atoms. The molecule has 0 bridgehead atoms. The van der Waals surface area contributed by atoms with Crippen molar-refractivity contribution in [3.8, 4) is 11.5 Å². The number of benzene rings is 2. The van der Waals surface area contributed by atoms with Gasteiger partial charge in [-0.3, -0.25) is 4.79 Å². The zero-order chi connectivity index (χ0) is 22.9. The van der Waals surface area contributed by atoms with Crippen LogP contribution in [0.15, 0.2) is 42.5 Å². The van der Waals surface area contributed by atoms with Crippen LogP contribution in [0.3, 0.4) is 0 Å². The van der Waals surface area contributed by atoms with Gasteiger partial charge in [0.2, 0.25) is 0 Å². The lowest BCUT2D eigenvalue weighted by molar-refractivity contribution is -0.0872. The summed E-state index contributed by atoms with van der Waals surface area (Å²) in [5.74, 6) is 0.439. The lowest BCUT2D eigenvalue weighted by Crippen LogP contribution is -2.52. The number of amides is 1. The average molecular weight is 442 g/mol. The molecule has 0 N–H and O–H groups in total. The van der Waals surface area contributed by atoms with Crippen LogP contribution in [0.25, 0.3) is 0 Å². The lowest BCUT2D eigenvalue weighted by Gasteiger charge is -2.47. The van der Waals surface area contributed by atoms with Crippen LogP contribution in [0.2, 0.25) is 0 Å². The average Bonchev–Trinajstić information content (AvgIpc) is 2.73. The second-order valence-corrected chi connectivity index (χ2v) is 9.30. The molecule has 0 aromatic heterocycles. The molecule has 1 atom stereocenters. The van der Waals surface area contributed by atoms with E-state index in [9.17, 15) is 9.18 Å². The van der Waals surface area contributed by atoms with Gasteiger partial charge in [-0.2, -0.15) is 0 Å². The van der Waals surface area contributed by atoms with Gasteiger partial charge in [0.15, 0.2) is 0 Å². The molecule has 1 saturated heterocycles. The van der Waals surface area contributed by atoms with E-state index in [0.29, 0.717) is 31.7 Å². The Morgan fingerprint density at radius 1 is 1.09 bits per heavy atom. The Morgan fingerprint density at radius 3 is 2.47 bits per heavy atom. The molecule has 172 valence electrons. The Kier molecular flexibility index (Phi) is 6.42. The number of hydrogen-bond acceptors (Lipinski definition) is 4. The molecule has 2 aliphatic rings. The summed E-state index contributed by atoms with van der Waals surface area (Å²) in [6, 6.07) is 12.5. The van der Waals surface area contributed by atoms with Gasteiger partial charge in [0.1, 0.15) is 22.9 Å². The number of halogens is 1. The molecule has 4 rings (SSSR count). The quantitative estimate of drug-likeness (QED) is 0.612. The number of ether oxygens (including phenoxy) is 3. The van der Waals surface area contributed by atoms with E-state index in [4.69, 9.17) is 14.2 Å². The first-order chi connectivity index (χ1) is 15.3. The van der Waals surface area contributed by atoms with E-state index in [0.717, 1.165) is 17.7 Å². The molecule has 0 radical (unpaired) electrons. The van der Waals surface area contributed by atoms with Crippen molar-refractivity contribution in [2.24, 2.45) is 0 Å². The monoisotopic (exact) mass is 441 g/mol. The summed E-state index contributed by atoms with van der Waals surface area (Å²) in [7, 11) is 0. The number of hydrogen-bond donors (Lipinski definition) is 0. The number of likely N-dealkylation sites (tertiary alicyclic amines) is 1. The number of carbonyl (C=O) groups excluding carboxylic acids is 1. The van der Waals surface area contributed by atoms with Crippen LogP contribution in [-0.2, 0) is 4.74 Å². The standard InChI is InChI=1S/C26H32FNO4/c1-17(2)30-19-9-10-20(22(27)15-19)25(29)28-13-11-26(12-14-28)16-24(31-18(3)4)21-7-5-6-8-23(21)32-26/h5-10,15,17-18,24H,11-14,16H2,1-4H3/t24-/m1/s1. The van der Waals surface area contributed by atoms with Crippen molar-refractivity contribution < 1.29 is 23.4 Å². The molecule has 2 aromatic rings. The van der Waals surface area contributed by atoms with Crippen LogP contribution >= 0.6 is 0 Å². The van der Waals surface area contributed by atoms with Gasteiger partial charge in [-0.15, -0.1) is 0 Å². The van der Waals surface area contributed by atoms with Crippen LogP contribution in [0, 0.1) is 5.82 Å². The fourth-order valence-electron chi connectivity index (χ4n) is 4.62. The van der Waals surface area contributed by atoms with Crippen molar-refractivity contribution in [1.82, 2.24) is 4.90 Å². The van der Waals surface area contributed by atoms with Gasteiger partial charge in [-0.25, -0.2) is 4.39 Å². The molecule has 1 fully saturated rings. The Hall–Kier alpha value is -2.60. The van der Waals surface area contributed by atoms with Crippen molar-refractivity contribution in [3.05, 3.63) is 59.4 Å². The number of para-hydroxylation sites is 1. The predicted octanol–water partition coefficient (Wildman–Crippen LogP) is 5.54. The highest BCUT2D eigenvalue weighted by Crippen LogP contribution is 2.46.